The van der Waals surface area contributed by atoms with Crippen molar-refractivity contribution in [3.8, 4) is 0 Å². The molecule has 1 aliphatic rings. The zero-order chi connectivity index (χ0) is 20.3. The quantitative estimate of drug-likeness (QED) is 0.559. The van der Waals surface area contributed by atoms with Gasteiger partial charge in [-0.05, 0) is 24.4 Å². The molecule has 0 spiro atoms. The van der Waals surface area contributed by atoms with E-state index < -0.39 is 5.91 Å². The normalized spacial score (nSPS) is 19.1. The van der Waals surface area contributed by atoms with Gasteiger partial charge in [0.15, 0.2) is 11.5 Å². The molecule has 2 amide bonds. The predicted octanol–water partition coefficient (Wildman–Crippen LogP) is 1.16. The van der Waals surface area contributed by atoms with Gasteiger partial charge in [0.2, 0.25) is 0 Å². The molecule has 10 nitrogen and oxygen atoms in total. The maximum absolute atomic E-state index is 12.0. The second-order valence-electron chi connectivity index (χ2n) is 6.92. The second-order valence-corrected chi connectivity index (χ2v) is 7.72. The molecule has 0 aliphatic heterocycles. The third kappa shape index (κ3) is 4.54. The molecule has 3 rings (SSSR count). The number of primary amides is 1. The molecule has 28 heavy (non-hydrogen) atoms. The monoisotopic (exact) mass is 404 g/mol. The van der Waals surface area contributed by atoms with Crippen LogP contribution in [-0.2, 0) is 0 Å². The fourth-order valence-corrected chi connectivity index (χ4v) is 3.67. The summed E-state index contributed by atoms with van der Waals surface area (Å²) in [5, 5.41) is 6.84. The van der Waals surface area contributed by atoms with Crippen LogP contribution in [0.1, 0.15) is 46.7 Å². The van der Waals surface area contributed by atoms with Crippen molar-refractivity contribution < 1.29 is 9.59 Å². The van der Waals surface area contributed by atoms with Crippen molar-refractivity contribution in [3.05, 3.63) is 23.7 Å². The number of nitrogens with one attached hydrogen (secondary N) is 2. The second kappa shape index (κ2) is 8.48. The molecule has 150 valence electrons. The highest BCUT2D eigenvalue weighted by Gasteiger charge is 2.23. The number of hydrogen-bond donors (Lipinski definition) is 4. The van der Waals surface area contributed by atoms with E-state index in [4.69, 9.17) is 11.5 Å². The Morgan fingerprint density at radius 3 is 2.71 bits per heavy atom. The van der Waals surface area contributed by atoms with Crippen LogP contribution in [0.4, 0.5) is 16.6 Å². The molecular formula is C17H24N8O2S. The van der Waals surface area contributed by atoms with Crippen LogP contribution in [0.25, 0.3) is 0 Å². The van der Waals surface area contributed by atoms with Gasteiger partial charge < -0.3 is 27.0 Å². The lowest BCUT2D eigenvalue weighted by atomic mass is 9.91. The number of amides is 2. The third-order valence-corrected chi connectivity index (χ3v) is 5.24. The Morgan fingerprint density at radius 1 is 1.29 bits per heavy atom. The molecule has 0 unspecified atom stereocenters. The van der Waals surface area contributed by atoms with Crippen molar-refractivity contribution in [2.75, 3.05) is 24.7 Å². The summed E-state index contributed by atoms with van der Waals surface area (Å²) in [7, 11) is 3.30. The van der Waals surface area contributed by atoms with Crippen LogP contribution in [0.2, 0.25) is 0 Å². The first-order chi connectivity index (χ1) is 13.3. The first-order valence-corrected chi connectivity index (χ1v) is 9.77. The summed E-state index contributed by atoms with van der Waals surface area (Å²) in [6.45, 7) is 0. The lowest BCUT2D eigenvalue weighted by Gasteiger charge is -2.29. The lowest BCUT2D eigenvalue weighted by Crippen LogP contribution is -2.42. The van der Waals surface area contributed by atoms with E-state index in [1.165, 1.54) is 11.1 Å². The van der Waals surface area contributed by atoms with Crippen molar-refractivity contribution in [2.45, 2.75) is 37.8 Å². The summed E-state index contributed by atoms with van der Waals surface area (Å²) in [4.78, 5) is 33.8. The maximum atomic E-state index is 12.0. The summed E-state index contributed by atoms with van der Waals surface area (Å²) < 4.78 is 4.13. The molecule has 1 aliphatic carbocycles. The number of hydrogen-bond acceptors (Lipinski definition) is 9. The third-order valence-electron chi connectivity index (χ3n) is 4.54. The first-order valence-electron chi connectivity index (χ1n) is 8.99. The van der Waals surface area contributed by atoms with Gasteiger partial charge in [-0.25, -0.2) is 9.97 Å². The summed E-state index contributed by atoms with van der Waals surface area (Å²) in [5.41, 5.74) is 11.9. The lowest BCUT2D eigenvalue weighted by molar-refractivity contribution is 0.0823. The van der Waals surface area contributed by atoms with Crippen LogP contribution in [-0.4, -0.2) is 57.2 Å². The fraction of sp³-hybridized carbons (Fsp3) is 0.471. The number of anilines is 3. The van der Waals surface area contributed by atoms with Gasteiger partial charge in [0, 0.05) is 32.2 Å². The van der Waals surface area contributed by atoms with Crippen molar-refractivity contribution >= 4 is 40.0 Å². The molecule has 2 heterocycles. The minimum atomic E-state index is -0.704. The smallest absolute Gasteiger partial charge is 0.273 e. The molecule has 6 N–H and O–H groups in total. The van der Waals surface area contributed by atoms with Crippen molar-refractivity contribution in [3.63, 3.8) is 0 Å². The molecule has 11 heteroatoms. The maximum Gasteiger partial charge on any atom is 0.273 e. The fourth-order valence-electron chi connectivity index (χ4n) is 3.04. The Labute approximate surface area is 166 Å². The highest BCUT2D eigenvalue weighted by Crippen LogP contribution is 2.25. The van der Waals surface area contributed by atoms with E-state index in [0.717, 1.165) is 37.2 Å². The zero-order valence-electron chi connectivity index (χ0n) is 15.8. The van der Waals surface area contributed by atoms with Gasteiger partial charge in [-0.1, -0.05) is 12.8 Å². The number of carbonyl (C=O) groups is 2. The van der Waals surface area contributed by atoms with E-state index in [-0.39, 0.29) is 29.5 Å². The molecule has 2 aromatic rings. The number of carbonyl (C=O) groups excluding carboxylic acids is 2. The minimum absolute atomic E-state index is 0.00683. The van der Waals surface area contributed by atoms with E-state index in [1.54, 1.807) is 20.2 Å². The first kappa shape index (κ1) is 20.0. The van der Waals surface area contributed by atoms with Crippen molar-refractivity contribution in [1.82, 2.24) is 19.2 Å². The molecular weight excluding hydrogens is 380 g/mol. The molecule has 2 aromatic heterocycles. The molecule has 0 bridgehead atoms. The number of aromatic nitrogens is 3. The van der Waals surface area contributed by atoms with Gasteiger partial charge in [-0.15, -0.1) is 0 Å². The topological polar surface area (TPSA) is 152 Å². The van der Waals surface area contributed by atoms with E-state index in [1.807, 2.05) is 0 Å². The molecule has 0 radical (unpaired) electrons. The zero-order valence-corrected chi connectivity index (χ0v) is 16.6. The molecule has 1 saturated carbocycles. The Kier molecular flexibility index (Phi) is 6.05. The van der Waals surface area contributed by atoms with Gasteiger partial charge in [-0.3, -0.25) is 9.59 Å². The number of rotatable bonds is 6. The van der Waals surface area contributed by atoms with Crippen LogP contribution in [0, 0.1) is 0 Å². The van der Waals surface area contributed by atoms with Crippen molar-refractivity contribution in [1.29, 1.82) is 0 Å². The highest BCUT2D eigenvalue weighted by atomic mass is 32.1. The molecule has 0 aromatic carbocycles. The molecule has 2 atom stereocenters. The summed E-state index contributed by atoms with van der Waals surface area (Å²) in [5.74, 6) is -0.212. The van der Waals surface area contributed by atoms with Gasteiger partial charge in [0.1, 0.15) is 16.5 Å². The van der Waals surface area contributed by atoms with Crippen LogP contribution >= 0.6 is 11.5 Å². The Bertz CT molecular complexity index is 869. The SMILES string of the molecule is CN(C)C(=O)c1cc(Nc2nc(N[C@@H]3CCCC[C@@H]3N)cnc2C(N)=O)sn1. The van der Waals surface area contributed by atoms with E-state index in [0.29, 0.717) is 16.5 Å². The predicted molar refractivity (Wildman–Crippen MR) is 108 cm³/mol. The summed E-state index contributed by atoms with van der Waals surface area (Å²) >= 11 is 1.08. The van der Waals surface area contributed by atoms with E-state index in [9.17, 15) is 9.59 Å². The molecule has 1 fully saturated rings. The Balaban J connectivity index is 1.82. The Morgan fingerprint density at radius 2 is 2.04 bits per heavy atom. The van der Waals surface area contributed by atoms with Gasteiger partial charge in [0.05, 0.1) is 6.20 Å². The average Bonchev–Trinajstić information content (AvgIpc) is 3.11. The van der Waals surface area contributed by atoms with E-state index >= 15 is 0 Å². The van der Waals surface area contributed by atoms with Crippen LogP contribution in [0.5, 0.6) is 0 Å². The Hall–Kier alpha value is -2.79. The molecule has 0 saturated heterocycles. The van der Waals surface area contributed by atoms with Crippen LogP contribution < -0.4 is 22.1 Å². The number of nitrogens with zero attached hydrogens (tertiary/aromatic N) is 4. The number of nitrogens with two attached hydrogens (primary N) is 2. The van der Waals surface area contributed by atoms with Gasteiger partial charge >= 0.3 is 0 Å². The van der Waals surface area contributed by atoms with Crippen LogP contribution in [0.15, 0.2) is 12.3 Å². The highest BCUT2D eigenvalue weighted by molar-refractivity contribution is 7.10. The average molecular weight is 405 g/mol. The minimum Gasteiger partial charge on any atom is -0.364 e. The van der Waals surface area contributed by atoms with Crippen molar-refractivity contribution in [2.24, 2.45) is 11.5 Å². The summed E-state index contributed by atoms with van der Waals surface area (Å²) in [6.07, 6.45) is 5.61. The summed E-state index contributed by atoms with van der Waals surface area (Å²) in [6, 6.07) is 1.74. The van der Waals surface area contributed by atoms with E-state index in [2.05, 4.69) is 25.0 Å². The largest absolute Gasteiger partial charge is 0.364 e. The van der Waals surface area contributed by atoms with Crippen LogP contribution in [0.3, 0.4) is 0 Å². The standard InChI is InChI=1S/C17H24N8O2S/c1-25(2)17(27)11-7-13(28-24-11)23-16-14(15(19)26)20-8-12(22-16)21-10-6-4-3-5-9(10)18/h7-10H,3-6,18H2,1-2H3,(H2,19,26)(H2,21,22,23)/t9-,10+/m0/s1. The van der Waals surface area contributed by atoms with Gasteiger partial charge in [0.25, 0.3) is 11.8 Å². The van der Waals surface area contributed by atoms with Gasteiger partial charge in [-0.2, -0.15) is 4.37 Å².